The Morgan fingerprint density at radius 3 is 2.81 bits per heavy atom. The van der Waals surface area contributed by atoms with Gasteiger partial charge in [0.05, 0.1) is 12.7 Å². The zero-order valence-electron chi connectivity index (χ0n) is 18.5. The monoisotopic (exact) mass is 429 g/mol. The maximum atomic E-state index is 13.1. The van der Waals surface area contributed by atoms with Gasteiger partial charge in [0.25, 0.3) is 5.91 Å². The number of nitrogens with one attached hydrogen (secondary N) is 1. The summed E-state index contributed by atoms with van der Waals surface area (Å²) < 4.78 is 11.5. The number of hydrogen-bond acceptors (Lipinski definition) is 5. The molecule has 0 bridgehead atoms. The minimum atomic E-state index is -0.970. The molecule has 168 valence electrons. The Bertz CT molecular complexity index is 888. The third-order valence-corrected chi connectivity index (χ3v) is 6.81. The van der Waals surface area contributed by atoms with Crippen LogP contribution in [0.4, 0.5) is 0 Å². The molecule has 0 unspecified atom stereocenters. The van der Waals surface area contributed by atoms with Gasteiger partial charge in [-0.3, -0.25) is 14.4 Å². The fourth-order valence-corrected chi connectivity index (χ4v) is 4.85. The minimum Gasteiger partial charge on any atom is -0.497 e. The largest absolute Gasteiger partial charge is 0.497 e. The molecule has 2 saturated heterocycles. The van der Waals surface area contributed by atoms with Gasteiger partial charge >= 0.3 is 0 Å². The summed E-state index contributed by atoms with van der Waals surface area (Å²) in [4.78, 5) is 42.4. The Morgan fingerprint density at radius 2 is 2.06 bits per heavy atom. The lowest BCUT2D eigenvalue weighted by molar-refractivity contribution is -0.147. The van der Waals surface area contributed by atoms with Crippen LogP contribution in [0, 0.1) is 0 Å². The lowest BCUT2D eigenvalue weighted by atomic mass is 10.00. The number of carbonyl (C=O) groups is 3. The molecule has 4 rings (SSSR count). The normalized spacial score (nSPS) is 27.1. The van der Waals surface area contributed by atoms with Crippen LogP contribution in [0.25, 0.3) is 0 Å². The number of likely N-dealkylation sites (tertiary alicyclic amines) is 2. The number of benzene rings is 1. The van der Waals surface area contributed by atoms with Crippen molar-refractivity contribution in [2.45, 2.75) is 70.2 Å². The van der Waals surface area contributed by atoms with Crippen LogP contribution in [0.15, 0.2) is 18.2 Å². The van der Waals surface area contributed by atoms with E-state index in [2.05, 4.69) is 12.2 Å². The van der Waals surface area contributed by atoms with E-state index in [1.54, 1.807) is 37.1 Å². The quantitative estimate of drug-likeness (QED) is 0.797. The molecule has 0 saturated carbocycles. The molecule has 3 aliphatic heterocycles. The number of piperidine rings is 1. The first-order valence-corrected chi connectivity index (χ1v) is 11.1. The van der Waals surface area contributed by atoms with Crippen LogP contribution in [-0.4, -0.2) is 65.5 Å². The van der Waals surface area contributed by atoms with Gasteiger partial charge in [0.1, 0.15) is 17.5 Å². The number of nitrogens with zero attached hydrogens (tertiary/aromatic N) is 2. The molecular weight excluding hydrogens is 398 g/mol. The molecular formula is C23H31N3O5. The van der Waals surface area contributed by atoms with Crippen molar-refractivity contribution < 1.29 is 23.9 Å². The summed E-state index contributed by atoms with van der Waals surface area (Å²) in [6.07, 6.45) is 4.10. The Kier molecular flexibility index (Phi) is 5.81. The summed E-state index contributed by atoms with van der Waals surface area (Å²) in [6, 6.07) is 4.75. The standard InChI is InChI=1S/C23H31N3O5/c1-15-6-4-5-12-25(15)22(29)16(2)26-13-11-23(10-9-20(26)27)24-21(28)18-8-7-17(30-3)14-19(18)31-23/h7-8,14-16H,4-6,9-13H2,1-3H3,(H,24,28)/t15-,16+,23+/m1/s1. The third-order valence-electron chi connectivity index (χ3n) is 6.81. The molecule has 3 heterocycles. The van der Waals surface area contributed by atoms with Gasteiger partial charge in [0.15, 0.2) is 5.72 Å². The van der Waals surface area contributed by atoms with Crippen molar-refractivity contribution in [3.63, 3.8) is 0 Å². The van der Waals surface area contributed by atoms with E-state index in [4.69, 9.17) is 9.47 Å². The summed E-state index contributed by atoms with van der Waals surface area (Å²) in [5.41, 5.74) is -0.524. The van der Waals surface area contributed by atoms with Gasteiger partial charge in [-0.2, -0.15) is 0 Å². The van der Waals surface area contributed by atoms with E-state index in [0.717, 1.165) is 25.8 Å². The Morgan fingerprint density at radius 1 is 1.26 bits per heavy atom. The van der Waals surface area contributed by atoms with Crippen LogP contribution in [-0.2, 0) is 9.59 Å². The Balaban J connectivity index is 1.51. The van der Waals surface area contributed by atoms with E-state index in [-0.39, 0.29) is 30.2 Å². The van der Waals surface area contributed by atoms with Crippen LogP contribution in [0.5, 0.6) is 11.5 Å². The molecule has 8 heteroatoms. The van der Waals surface area contributed by atoms with Crippen molar-refractivity contribution in [1.82, 2.24) is 15.1 Å². The predicted molar refractivity (Wildman–Crippen MR) is 114 cm³/mol. The Labute approximate surface area is 182 Å². The summed E-state index contributed by atoms with van der Waals surface area (Å²) in [7, 11) is 1.56. The second-order valence-electron chi connectivity index (χ2n) is 8.80. The van der Waals surface area contributed by atoms with Crippen molar-refractivity contribution in [3.8, 4) is 11.5 Å². The van der Waals surface area contributed by atoms with Gasteiger partial charge in [0, 0.05) is 44.5 Å². The van der Waals surface area contributed by atoms with Crippen molar-refractivity contribution in [1.29, 1.82) is 0 Å². The lowest BCUT2D eigenvalue weighted by Gasteiger charge is -2.39. The maximum absolute atomic E-state index is 13.1. The molecule has 1 aromatic rings. The average molecular weight is 430 g/mol. The SMILES string of the molecule is COc1ccc2c(c1)O[C@]1(CCC(=O)N([C@@H](C)C(=O)N3CCCC[C@H]3C)CC1)NC2=O. The first-order chi connectivity index (χ1) is 14.8. The van der Waals surface area contributed by atoms with Crippen LogP contribution >= 0.6 is 0 Å². The summed E-state index contributed by atoms with van der Waals surface area (Å²) >= 11 is 0. The maximum Gasteiger partial charge on any atom is 0.258 e. The second-order valence-corrected chi connectivity index (χ2v) is 8.80. The molecule has 1 N–H and O–H groups in total. The lowest BCUT2D eigenvalue weighted by Crippen LogP contribution is -2.57. The van der Waals surface area contributed by atoms with Gasteiger partial charge in [-0.25, -0.2) is 0 Å². The van der Waals surface area contributed by atoms with E-state index in [1.807, 2.05) is 4.90 Å². The molecule has 2 fully saturated rings. The van der Waals surface area contributed by atoms with Gasteiger partial charge in [0.2, 0.25) is 11.8 Å². The van der Waals surface area contributed by atoms with Crippen molar-refractivity contribution >= 4 is 17.7 Å². The molecule has 0 aliphatic carbocycles. The zero-order valence-corrected chi connectivity index (χ0v) is 18.5. The van der Waals surface area contributed by atoms with E-state index in [1.165, 1.54) is 0 Å². The number of amides is 3. The fraction of sp³-hybridized carbons (Fsp3) is 0.609. The average Bonchev–Trinajstić information content (AvgIpc) is 2.91. The predicted octanol–water partition coefficient (Wildman–Crippen LogP) is 2.32. The highest BCUT2D eigenvalue weighted by molar-refractivity contribution is 5.98. The topological polar surface area (TPSA) is 88.2 Å². The summed E-state index contributed by atoms with van der Waals surface area (Å²) in [6.45, 7) is 4.96. The van der Waals surface area contributed by atoms with Crippen LogP contribution in [0.3, 0.4) is 0 Å². The third kappa shape index (κ3) is 4.07. The van der Waals surface area contributed by atoms with E-state index < -0.39 is 11.8 Å². The highest BCUT2D eigenvalue weighted by Crippen LogP contribution is 2.36. The van der Waals surface area contributed by atoms with Crippen LogP contribution < -0.4 is 14.8 Å². The Hall–Kier alpha value is -2.77. The first-order valence-electron chi connectivity index (χ1n) is 11.1. The number of rotatable bonds is 3. The molecule has 3 aliphatic rings. The van der Waals surface area contributed by atoms with Gasteiger partial charge in [-0.05, 0) is 45.2 Å². The number of hydrogen-bond donors (Lipinski definition) is 1. The van der Waals surface area contributed by atoms with E-state index in [9.17, 15) is 14.4 Å². The number of methoxy groups -OCH3 is 1. The highest BCUT2D eigenvalue weighted by atomic mass is 16.5. The van der Waals surface area contributed by atoms with Crippen molar-refractivity contribution in [2.24, 2.45) is 0 Å². The summed E-state index contributed by atoms with van der Waals surface area (Å²) in [5, 5.41) is 2.97. The molecule has 0 radical (unpaired) electrons. The van der Waals surface area contributed by atoms with Gasteiger partial charge in [-0.15, -0.1) is 0 Å². The van der Waals surface area contributed by atoms with Crippen LogP contribution in [0.1, 0.15) is 62.7 Å². The molecule has 8 nitrogen and oxygen atoms in total. The number of fused-ring (bicyclic) bond motifs is 1. The molecule has 31 heavy (non-hydrogen) atoms. The second kappa shape index (κ2) is 8.40. The van der Waals surface area contributed by atoms with E-state index >= 15 is 0 Å². The fourth-order valence-electron chi connectivity index (χ4n) is 4.85. The number of ether oxygens (including phenoxy) is 2. The van der Waals surface area contributed by atoms with E-state index in [0.29, 0.717) is 36.4 Å². The molecule has 0 aromatic heterocycles. The summed E-state index contributed by atoms with van der Waals surface area (Å²) in [5.74, 6) is 0.744. The molecule has 1 spiro atoms. The first kappa shape index (κ1) is 21.5. The number of carbonyl (C=O) groups excluding carboxylic acids is 3. The van der Waals surface area contributed by atoms with Gasteiger partial charge in [-0.1, -0.05) is 0 Å². The zero-order chi connectivity index (χ0) is 22.2. The van der Waals surface area contributed by atoms with Crippen LogP contribution in [0.2, 0.25) is 0 Å². The smallest absolute Gasteiger partial charge is 0.258 e. The molecule has 1 aromatic carbocycles. The van der Waals surface area contributed by atoms with Crippen molar-refractivity contribution in [3.05, 3.63) is 23.8 Å². The molecule has 3 amide bonds. The van der Waals surface area contributed by atoms with Gasteiger partial charge < -0.3 is 24.6 Å². The molecule has 3 atom stereocenters. The van der Waals surface area contributed by atoms with Crippen molar-refractivity contribution in [2.75, 3.05) is 20.2 Å². The minimum absolute atomic E-state index is 0.000167. The highest BCUT2D eigenvalue weighted by Gasteiger charge is 2.44.